The Morgan fingerprint density at radius 3 is 2.74 bits per heavy atom. The van der Waals surface area contributed by atoms with E-state index in [1.54, 1.807) is 10.9 Å². The fourth-order valence-corrected chi connectivity index (χ4v) is 3.31. The van der Waals surface area contributed by atoms with E-state index in [9.17, 15) is 13.2 Å². The third-order valence-electron chi connectivity index (χ3n) is 4.36. The summed E-state index contributed by atoms with van der Waals surface area (Å²) in [5.41, 5.74) is 1.70. The molecule has 2 aromatic heterocycles. The van der Waals surface area contributed by atoms with Gasteiger partial charge in [0.15, 0.2) is 5.65 Å². The molecule has 1 amide bonds. The molecule has 0 saturated carbocycles. The average molecular weight is 396 g/mol. The molecule has 0 spiro atoms. The van der Waals surface area contributed by atoms with Crippen molar-refractivity contribution < 1.29 is 17.9 Å². The molecule has 0 aliphatic carbocycles. The highest BCUT2D eigenvalue weighted by Gasteiger charge is 2.22. The Hall–Kier alpha value is -2.24. The van der Waals surface area contributed by atoms with Gasteiger partial charge in [0.05, 0.1) is 35.8 Å². The third-order valence-corrected chi connectivity index (χ3v) is 5.03. The Labute approximate surface area is 157 Å². The standard InChI is InChI=1S/C16H24N6O4S/c1-3-22-15-12(9-19-22)14(21-11-4-6-26-7-5-11)13(8-17-15)16(23)18-10-20-27(2,24)25/h8-9,11,20H,3-7,10H2,1-2H3,(H,17,21)(H,18,23). The third kappa shape index (κ3) is 4.73. The first-order chi connectivity index (χ1) is 12.9. The van der Waals surface area contributed by atoms with Crippen molar-refractivity contribution in [3.8, 4) is 0 Å². The second-order valence-corrected chi connectivity index (χ2v) is 8.21. The summed E-state index contributed by atoms with van der Waals surface area (Å²) in [6, 6.07) is 0.176. The number of amides is 1. The Bertz CT molecular complexity index is 920. The molecular weight excluding hydrogens is 372 g/mol. The van der Waals surface area contributed by atoms with Gasteiger partial charge in [0.1, 0.15) is 0 Å². The van der Waals surface area contributed by atoms with Gasteiger partial charge in [-0.1, -0.05) is 0 Å². The van der Waals surface area contributed by atoms with Gasteiger partial charge in [-0.3, -0.25) is 4.79 Å². The number of carbonyl (C=O) groups is 1. The largest absolute Gasteiger partial charge is 0.381 e. The Kier molecular flexibility index (Phi) is 5.92. The minimum Gasteiger partial charge on any atom is -0.381 e. The molecule has 3 heterocycles. The van der Waals surface area contributed by atoms with E-state index in [4.69, 9.17) is 4.74 Å². The van der Waals surface area contributed by atoms with Gasteiger partial charge in [0, 0.05) is 32.0 Å². The maximum absolute atomic E-state index is 12.6. The predicted molar refractivity (Wildman–Crippen MR) is 101 cm³/mol. The van der Waals surface area contributed by atoms with Crippen molar-refractivity contribution in [1.29, 1.82) is 0 Å². The van der Waals surface area contributed by atoms with Crippen LogP contribution in [0.2, 0.25) is 0 Å². The Balaban J connectivity index is 1.90. The molecule has 0 bridgehead atoms. The van der Waals surface area contributed by atoms with E-state index in [0.717, 1.165) is 24.5 Å². The second kappa shape index (κ2) is 8.19. The van der Waals surface area contributed by atoms with E-state index >= 15 is 0 Å². The van der Waals surface area contributed by atoms with Crippen LogP contribution >= 0.6 is 0 Å². The SMILES string of the molecule is CCn1ncc2c(NC3CCOCC3)c(C(=O)NCNS(C)(=O)=O)cnc21. The first-order valence-corrected chi connectivity index (χ1v) is 10.7. The molecule has 0 unspecified atom stereocenters. The lowest BCUT2D eigenvalue weighted by atomic mass is 10.1. The number of nitrogens with zero attached hydrogens (tertiary/aromatic N) is 3. The van der Waals surface area contributed by atoms with Crippen LogP contribution in [-0.2, 0) is 21.3 Å². The zero-order valence-electron chi connectivity index (χ0n) is 15.4. The lowest BCUT2D eigenvalue weighted by Crippen LogP contribution is -2.37. The Morgan fingerprint density at radius 2 is 2.07 bits per heavy atom. The van der Waals surface area contributed by atoms with Gasteiger partial charge in [-0.05, 0) is 19.8 Å². The fraction of sp³-hybridized carbons (Fsp3) is 0.562. The lowest BCUT2D eigenvalue weighted by molar-refractivity contribution is 0.0904. The zero-order valence-corrected chi connectivity index (χ0v) is 16.2. The van der Waals surface area contributed by atoms with Crippen LogP contribution in [0.15, 0.2) is 12.4 Å². The number of aromatic nitrogens is 3. The number of pyridine rings is 1. The molecule has 148 valence electrons. The van der Waals surface area contributed by atoms with Crippen molar-refractivity contribution in [2.24, 2.45) is 0 Å². The summed E-state index contributed by atoms with van der Waals surface area (Å²) in [5, 5.41) is 11.1. The molecule has 3 rings (SSSR count). The van der Waals surface area contributed by atoms with Gasteiger partial charge in [0.2, 0.25) is 10.0 Å². The van der Waals surface area contributed by atoms with Crippen molar-refractivity contribution in [2.75, 3.05) is 31.5 Å². The van der Waals surface area contributed by atoms with Crippen molar-refractivity contribution in [3.05, 3.63) is 18.0 Å². The first-order valence-electron chi connectivity index (χ1n) is 8.80. The van der Waals surface area contributed by atoms with E-state index < -0.39 is 15.9 Å². The molecule has 11 heteroatoms. The molecule has 1 saturated heterocycles. The maximum atomic E-state index is 12.6. The van der Waals surface area contributed by atoms with Gasteiger partial charge in [-0.2, -0.15) is 9.82 Å². The van der Waals surface area contributed by atoms with Crippen molar-refractivity contribution >= 4 is 32.7 Å². The Morgan fingerprint density at radius 1 is 1.33 bits per heavy atom. The topological polar surface area (TPSA) is 127 Å². The average Bonchev–Trinajstić information content (AvgIpc) is 3.05. The summed E-state index contributed by atoms with van der Waals surface area (Å²) >= 11 is 0. The molecule has 27 heavy (non-hydrogen) atoms. The van der Waals surface area contributed by atoms with Crippen LogP contribution in [0.25, 0.3) is 11.0 Å². The summed E-state index contributed by atoms with van der Waals surface area (Å²) in [7, 11) is -3.39. The van der Waals surface area contributed by atoms with Crippen molar-refractivity contribution in [1.82, 2.24) is 24.8 Å². The number of fused-ring (bicyclic) bond motifs is 1. The number of anilines is 1. The van der Waals surface area contributed by atoms with Gasteiger partial charge in [-0.15, -0.1) is 0 Å². The number of hydrogen-bond acceptors (Lipinski definition) is 7. The summed E-state index contributed by atoms with van der Waals surface area (Å²) in [6.07, 6.45) is 5.89. The normalized spacial score (nSPS) is 15.8. The molecule has 1 fully saturated rings. The summed E-state index contributed by atoms with van der Waals surface area (Å²) < 4.78 is 31.8. The number of hydrogen-bond donors (Lipinski definition) is 3. The summed E-state index contributed by atoms with van der Waals surface area (Å²) in [6.45, 7) is 3.77. The molecular formula is C16H24N6O4S. The van der Waals surface area contributed by atoms with Crippen LogP contribution in [0, 0.1) is 0 Å². The van der Waals surface area contributed by atoms with Crippen LogP contribution in [-0.4, -0.2) is 61.3 Å². The zero-order chi connectivity index (χ0) is 19.4. The van der Waals surface area contributed by atoms with E-state index in [1.165, 1.54) is 6.20 Å². The van der Waals surface area contributed by atoms with Crippen molar-refractivity contribution in [3.63, 3.8) is 0 Å². The number of ether oxygens (including phenoxy) is 1. The van der Waals surface area contributed by atoms with E-state index in [1.807, 2.05) is 6.92 Å². The highest BCUT2D eigenvalue weighted by atomic mass is 32.2. The fourth-order valence-electron chi connectivity index (χ4n) is 2.97. The van der Waals surface area contributed by atoms with Gasteiger partial charge in [-0.25, -0.2) is 18.1 Å². The van der Waals surface area contributed by atoms with Crippen LogP contribution in [0.3, 0.4) is 0 Å². The minimum atomic E-state index is -3.39. The lowest BCUT2D eigenvalue weighted by Gasteiger charge is -2.25. The number of carbonyl (C=O) groups excluding carboxylic acids is 1. The summed E-state index contributed by atoms with van der Waals surface area (Å²) in [5.74, 6) is -0.417. The molecule has 2 aromatic rings. The minimum absolute atomic E-state index is 0.176. The van der Waals surface area contributed by atoms with E-state index in [0.29, 0.717) is 36.7 Å². The van der Waals surface area contributed by atoms with Crippen LogP contribution < -0.4 is 15.4 Å². The number of aryl methyl sites for hydroxylation is 1. The quantitative estimate of drug-likeness (QED) is 0.574. The predicted octanol–water partition coefficient (Wildman–Crippen LogP) is 0.279. The maximum Gasteiger partial charge on any atom is 0.256 e. The molecule has 10 nitrogen and oxygen atoms in total. The highest BCUT2D eigenvalue weighted by Crippen LogP contribution is 2.28. The van der Waals surface area contributed by atoms with Crippen LogP contribution in [0.1, 0.15) is 30.1 Å². The summed E-state index contributed by atoms with van der Waals surface area (Å²) in [4.78, 5) is 17.0. The smallest absolute Gasteiger partial charge is 0.256 e. The molecule has 0 aromatic carbocycles. The molecule has 3 N–H and O–H groups in total. The van der Waals surface area contributed by atoms with E-state index in [-0.39, 0.29) is 12.7 Å². The number of sulfonamides is 1. The second-order valence-electron chi connectivity index (χ2n) is 6.37. The molecule has 1 aliphatic rings. The van der Waals surface area contributed by atoms with Gasteiger partial charge in [0.25, 0.3) is 5.91 Å². The molecule has 1 aliphatic heterocycles. The monoisotopic (exact) mass is 396 g/mol. The number of rotatable bonds is 7. The van der Waals surface area contributed by atoms with Gasteiger partial charge < -0.3 is 15.4 Å². The van der Waals surface area contributed by atoms with Crippen LogP contribution in [0.4, 0.5) is 5.69 Å². The molecule has 0 radical (unpaired) electrons. The molecule has 0 atom stereocenters. The van der Waals surface area contributed by atoms with Crippen molar-refractivity contribution in [2.45, 2.75) is 32.4 Å². The first kappa shape index (κ1) is 19.5. The van der Waals surface area contributed by atoms with E-state index in [2.05, 4.69) is 25.4 Å². The number of nitrogens with one attached hydrogen (secondary N) is 3. The van der Waals surface area contributed by atoms with Gasteiger partial charge >= 0.3 is 0 Å². The van der Waals surface area contributed by atoms with Crippen LogP contribution in [0.5, 0.6) is 0 Å². The highest BCUT2D eigenvalue weighted by molar-refractivity contribution is 7.88.